The average molecular weight is 344 g/mol. The van der Waals surface area contributed by atoms with Crippen molar-refractivity contribution in [2.45, 2.75) is 33.2 Å². The summed E-state index contributed by atoms with van der Waals surface area (Å²) in [5.74, 6) is 0.158. The molecular formula is C13H18BrN3OS. The summed E-state index contributed by atoms with van der Waals surface area (Å²) in [6, 6.07) is 3.68. The maximum absolute atomic E-state index is 9.86. The first-order valence-corrected chi connectivity index (χ1v) is 6.99. The number of nitrogens with one attached hydrogen (secondary N) is 2. The molecule has 19 heavy (non-hydrogen) atoms. The van der Waals surface area contributed by atoms with Crippen LogP contribution in [-0.2, 0) is 0 Å². The van der Waals surface area contributed by atoms with Crippen molar-refractivity contribution in [3.05, 3.63) is 27.7 Å². The lowest BCUT2D eigenvalue weighted by molar-refractivity contribution is 0.471. The molecule has 104 valence electrons. The first kappa shape index (κ1) is 15.9. The van der Waals surface area contributed by atoms with Gasteiger partial charge in [0.25, 0.3) is 0 Å². The Kier molecular flexibility index (Phi) is 5.31. The van der Waals surface area contributed by atoms with Gasteiger partial charge in [-0.3, -0.25) is 5.43 Å². The Morgan fingerprint density at radius 1 is 1.42 bits per heavy atom. The highest BCUT2D eigenvalue weighted by Crippen LogP contribution is 2.27. The number of nitrogens with zero attached hydrogens (tertiary/aromatic N) is 1. The Morgan fingerprint density at radius 2 is 2.05 bits per heavy atom. The van der Waals surface area contributed by atoms with Crippen LogP contribution in [0, 0.1) is 6.92 Å². The number of phenols is 1. The van der Waals surface area contributed by atoms with E-state index in [1.54, 1.807) is 0 Å². The topological polar surface area (TPSA) is 56.7 Å². The van der Waals surface area contributed by atoms with Gasteiger partial charge in [-0.25, -0.2) is 0 Å². The van der Waals surface area contributed by atoms with Crippen molar-refractivity contribution >= 4 is 39.5 Å². The van der Waals surface area contributed by atoms with Gasteiger partial charge in [-0.15, -0.1) is 0 Å². The fourth-order valence-corrected chi connectivity index (χ4v) is 2.34. The molecule has 0 aliphatic heterocycles. The quantitative estimate of drug-likeness (QED) is 0.438. The molecule has 0 saturated carbocycles. The Labute approximate surface area is 127 Å². The molecule has 0 spiro atoms. The molecule has 0 heterocycles. The maximum Gasteiger partial charge on any atom is 0.187 e. The van der Waals surface area contributed by atoms with Gasteiger partial charge in [0.1, 0.15) is 5.75 Å². The van der Waals surface area contributed by atoms with Crippen molar-refractivity contribution in [2.75, 3.05) is 0 Å². The lowest BCUT2D eigenvalue weighted by atomic mass is 10.1. The zero-order chi connectivity index (χ0) is 14.6. The first-order chi connectivity index (χ1) is 8.69. The predicted molar refractivity (Wildman–Crippen MR) is 86.8 cm³/mol. The molecule has 1 rings (SSSR count). The molecule has 0 aliphatic rings. The van der Waals surface area contributed by atoms with Crippen LogP contribution < -0.4 is 10.7 Å². The fraction of sp³-hybridized carbons (Fsp3) is 0.385. The largest absolute Gasteiger partial charge is 0.506 e. The van der Waals surface area contributed by atoms with E-state index in [0.717, 1.165) is 5.56 Å². The monoisotopic (exact) mass is 343 g/mol. The van der Waals surface area contributed by atoms with Crippen molar-refractivity contribution in [1.82, 2.24) is 10.7 Å². The molecule has 0 aromatic heterocycles. The summed E-state index contributed by atoms with van der Waals surface area (Å²) in [6.07, 6.45) is 1.53. The molecule has 0 atom stereocenters. The zero-order valence-corrected chi connectivity index (χ0v) is 13.8. The van der Waals surface area contributed by atoms with Crippen LogP contribution in [0.3, 0.4) is 0 Å². The van der Waals surface area contributed by atoms with Gasteiger partial charge in [0, 0.05) is 11.1 Å². The SMILES string of the molecule is Cc1cc(Br)c(O)c(/C=N\NC(=S)NC(C)(C)C)c1. The highest BCUT2D eigenvalue weighted by Gasteiger charge is 2.10. The molecule has 0 unspecified atom stereocenters. The van der Waals surface area contributed by atoms with Gasteiger partial charge in [-0.05, 0) is 73.5 Å². The second-order valence-corrected chi connectivity index (χ2v) is 6.52. The minimum Gasteiger partial charge on any atom is -0.506 e. The smallest absolute Gasteiger partial charge is 0.187 e. The third-order valence-electron chi connectivity index (χ3n) is 2.10. The fourth-order valence-electron chi connectivity index (χ4n) is 1.39. The van der Waals surface area contributed by atoms with Crippen LogP contribution in [0.2, 0.25) is 0 Å². The van der Waals surface area contributed by atoms with Crippen LogP contribution in [0.25, 0.3) is 0 Å². The van der Waals surface area contributed by atoms with E-state index in [2.05, 4.69) is 31.8 Å². The van der Waals surface area contributed by atoms with E-state index in [9.17, 15) is 5.11 Å². The maximum atomic E-state index is 9.86. The zero-order valence-electron chi connectivity index (χ0n) is 11.4. The van der Waals surface area contributed by atoms with E-state index < -0.39 is 0 Å². The van der Waals surface area contributed by atoms with Gasteiger partial charge in [0.05, 0.1) is 10.7 Å². The van der Waals surface area contributed by atoms with Crippen molar-refractivity contribution in [3.8, 4) is 5.75 Å². The molecule has 3 N–H and O–H groups in total. The highest BCUT2D eigenvalue weighted by atomic mass is 79.9. The molecule has 0 saturated heterocycles. The number of halogens is 1. The normalized spacial score (nSPS) is 11.6. The van der Waals surface area contributed by atoms with Crippen LogP contribution in [-0.4, -0.2) is 22.0 Å². The van der Waals surface area contributed by atoms with Crippen molar-refractivity contribution in [2.24, 2.45) is 5.10 Å². The first-order valence-electron chi connectivity index (χ1n) is 5.79. The summed E-state index contributed by atoms with van der Waals surface area (Å²) in [5.41, 5.74) is 4.25. The third-order valence-corrected chi connectivity index (χ3v) is 2.89. The summed E-state index contributed by atoms with van der Waals surface area (Å²) in [7, 11) is 0. The molecule has 0 aliphatic carbocycles. The second-order valence-electron chi connectivity index (χ2n) is 5.26. The molecule has 1 aromatic carbocycles. The minimum absolute atomic E-state index is 0.117. The van der Waals surface area contributed by atoms with Crippen molar-refractivity contribution in [3.63, 3.8) is 0 Å². The van der Waals surface area contributed by atoms with Gasteiger partial charge < -0.3 is 10.4 Å². The molecule has 0 bridgehead atoms. The van der Waals surface area contributed by atoms with E-state index in [0.29, 0.717) is 15.1 Å². The van der Waals surface area contributed by atoms with Crippen LogP contribution in [0.15, 0.2) is 21.7 Å². The van der Waals surface area contributed by atoms with Gasteiger partial charge in [-0.2, -0.15) is 5.10 Å². The molecule has 6 heteroatoms. The van der Waals surface area contributed by atoms with Crippen molar-refractivity contribution < 1.29 is 5.11 Å². The van der Waals surface area contributed by atoms with Gasteiger partial charge >= 0.3 is 0 Å². The molecular weight excluding hydrogens is 326 g/mol. The van der Waals surface area contributed by atoms with E-state index in [-0.39, 0.29) is 11.3 Å². The van der Waals surface area contributed by atoms with E-state index in [4.69, 9.17) is 12.2 Å². The number of hydrogen-bond donors (Lipinski definition) is 3. The van der Waals surface area contributed by atoms with Crippen LogP contribution in [0.5, 0.6) is 5.75 Å². The minimum atomic E-state index is -0.117. The number of hydrogen-bond acceptors (Lipinski definition) is 3. The highest BCUT2D eigenvalue weighted by molar-refractivity contribution is 9.10. The van der Waals surface area contributed by atoms with E-state index in [1.807, 2.05) is 39.8 Å². The van der Waals surface area contributed by atoms with Gasteiger partial charge in [0.2, 0.25) is 0 Å². The van der Waals surface area contributed by atoms with E-state index >= 15 is 0 Å². The summed E-state index contributed by atoms with van der Waals surface area (Å²) in [6.45, 7) is 7.97. The molecule has 0 fully saturated rings. The summed E-state index contributed by atoms with van der Waals surface area (Å²) in [4.78, 5) is 0. The van der Waals surface area contributed by atoms with Crippen molar-refractivity contribution in [1.29, 1.82) is 0 Å². The molecule has 4 nitrogen and oxygen atoms in total. The van der Waals surface area contributed by atoms with Crippen LogP contribution in [0.1, 0.15) is 31.9 Å². The van der Waals surface area contributed by atoms with Gasteiger partial charge in [-0.1, -0.05) is 0 Å². The number of phenolic OH excluding ortho intramolecular Hbond substituents is 1. The Bertz CT molecular complexity index is 509. The summed E-state index contributed by atoms with van der Waals surface area (Å²) in [5, 5.41) is 17.4. The molecule has 0 amide bonds. The predicted octanol–water partition coefficient (Wildman–Crippen LogP) is 3.06. The average Bonchev–Trinajstić information content (AvgIpc) is 2.22. The third kappa shape index (κ3) is 5.57. The van der Waals surface area contributed by atoms with Crippen LogP contribution in [0.4, 0.5) is 0 Å². The Hall–Kier alpha value is -1.14. The number of benzene rings is 1. The van der Waals surface area contributed by atoms with Gasteiger partial charge in [0.15, 0.2) is 5.11 Å². The lowest BCUT2D eigenvalue weighted by Crippen LogP contribution is -2.44. The summed E-state index contributed by atoms with van der Waals surface area (Å²) < 4.78 is 0.643. The number of hydrazone groups is 1. The Morgan fingerprint density at radius 3 is 2.63 bits per heavy atom. The number of aromatic hydroxyl groups is 1. The molecule has 1 aromatic rings. The number of aryl methyl sites for hydroxylation is 1. The standard InChI is InChI=1S/C13H18BrN3OS/c1-8-5-9(11(18)10(14)6-8)7-15-17-12(19)16-13(2,3)4/h5-7,18H,1-4H3,(H2,16,17,19)/b15-7-. The summed E-state index contributed by atoms with van der Waals surface area (Å²) >= 11 is 8.38. The van der Waals surface area contributed by atoms with E-state index in [1.165, 1.54) is 6.21 Å². The van der Waals surface area contributed by atoms with Crippen LogP contribution >= 0.6 is 28.1 Å². The second kappa shape index (κ2) is 6.34. The molecule has 0 radical (unpaired) electrons. The Balaban J connectivity index is 2.71. The number of thiocarbonyl (C=S) groups is 1. The number of rotatable bonds is 2. The lowest BCUT2D eigenvalue weighted by Gasteiger charge is -2.21.